The van der Waals surface area contributed by atoms with E-state index in [1.807, 2.05) is 44.2 Å². The van der Waals surface area contributed by atoms with E-state index in [9.17, 15) is 14.9 Å². The highest BCUT2D eigenvalue weighted by atomic mass is 16.5. The number of benzene rings is 1. The molecule has 0 atom stereocenters. The highest BCUT2D eigenvalue weighted by molar-refractivity contribution is 6.01. The van der Waals surface area contributed by atoms with Gasteiger partial charge >= 0.3 is 0 Å². The lowest BCUT2D eigenvalue weighted by molar-refractivity contribution is -0.130. The maximum atomic E-state index is 13.2. The maximum Gasteiger partial charge on any atom is 0.280 e. The van der Waals surface area contributed by atoms with Gasteiger partial charge < -0.3 is 9.64 Å². The predicted molar refractivity (Wildman–Crippen MR) is 116 cm³/mol. The minimum Gasteiger partial charge on any atom is -0.378 e. The van der Waals surface area contributed by atoms with Crippen LogP contribution < -0.4 is 5.56 Å². The third-order valence-corrected chi connectivity index (χ3v) is 5.50. The number of hydrogen-bond donors (Lipinski definition) is 0. The average Bonchev–Trinajstić information content (AvgIpc) is 3.05. The maximum absolute atomic E-state index is 13.2. The van der Waals surface area contributed by atoms with Gasteiger partial charge in [0.15, 0.2) is 0 Å². The first-order chi connectivity index (χ1) is 14.9. The van der Waals surface area contributed by atoms with Crippen LogP contribution in [0.4, 0.5) is 0 Å². The smallest absolute Gasteiger partial charge is 0.280 e. The summed E-state index contributed by atoms with van der Waals surface area (Å²) in [5.74, 6) is 0.238. The summed E-state index contributed by atoms with van der Waals surface area (Å²) in [6, 6.07) is 11.1. The largest absolute Gasteiger partial charge is 0.378 e. The van der Waals surface area contributed by atoms with Crippen LogP contribution in [0.15, 0.2) is 40.7 Å². The van der Waals surface area contributed by atoms with Crippen LogP contribution in [0, 0.1) is 32.1 Å². The van der Waals surface area contributed by atoms with Crippen molar-refractivity contribution < 1.29 is 9.53 Å². The summed E-state index contributed by atoms with van der Waals surface area (Å²) in [5, 5.41) is 10.1. The first-order valence-corrected chi connectivity index (χ1v) is 10.1. The summed E-state index contributed by atoms with van der Waals surface area (Å²) in [4.78, 5) is 32.2. The van der Waals surface area contributed by atoms with Crippen LogP contribution in [0.5, 0.6) is 0 Å². The van der Waals surface area contributed by atoms with Gasteiger partial charge in [0.1, 0.15) is 17.5 Å². The average molecular weight is 417 g/mol. The van der Waals surface area contributed by atoms with Crippen molar-refractivity contribution in [2.75, 3.05) is 26.3 Å². The minimum absolute atomic E-state index is 0.0582. The second-order valence-corrected chi connectivity index (χ2v) is 7.51. The van der Waals surface area contributed by atoms with Crippen LogP contribution in [0.1, 0.15) is 22.8 Å². The standard InChI is InChI=1S/C23H23N5O3/c1-15-12-18(13-19(14-24)22(29)26-8-10-31-11-9-26)16(2)27(15)28-17(3)25-21-7-5-4-6-20(21)23(28)30/h4-7,12-13H,8-11H2,1-3H3. The molecule has 158 valence electrons. The number of aryl methyl sites for hydroxylation is 2. The number of ether oxygens (including phenoxy) is 1. The molecule has 4 rings (SSSR count). The van der Waals surface area contributed by atoms with E-state index in [0.717, 1.165) is 11.4 Å². The fraction of sp³-hybridized carbons (Fsp3) is 0.304. The number of aromatic nitrogens is 3. The summed E-state index contributed by atoms with van der Waals surface area (Å²) in [6.07, 6.45) is 1.59. The predicted octanol–water partition coefficient (Wildman–Crippen LogP) is 2.20. The van der Waals surface area contributed by atoms with E-state index in [0.29, 0.717) is 48.6 Å². The van der Waals surface area contributed by atoms with Gasteiger partial charge in [-0.2, -0.15) is 9.94 Å². The van der Waals surface area contributed by atoms with Crippen LogP contribution in [0.25, 0.3) is 17.0 Å². The van der Waals surface area contributed by atoms with Gasteiger partial charge in [-0.1, -0.05) is 12.1 Å². The number of amides is 1. The molecular weight excluding hydrogens is 394 g/mol. The van der Waals surface area contributed by atoms with Crippen molar-refractivity contribution in [3.05, 3.63) is 69.0 Å². The molecule has 0 spiro atoms. The molecule has 1 aromatic carbocycles. The first kappa shape index (κ1) is 20.6. The summed E-state index contributed by atoms with van der Waals surface area (Å²) in [5.41, 5.74) is 2.76. The van der Waals surface area contributed by atoms with Crippen molar-refractivity contribution in [1.82, 2.24) is 19.2 Å². The SMILES string of the molecule is Cc1cc(C=C(C#N)C(=O)N2CCOCC2)c(C)n1-n1c(C)nc2ccccc2c1=O. The van der Waals surface area contributed by atoms with Crippen molar-refractivity contribution in [2.24, 2.45) is 0 Å². The van der Waals surface area contributed by atoms with Crippen LogP contribution in [0.3, 0.4) is 0 Å². The minimum atomic E-state index is -0.309. The van der Waals surface area contributed by atoms with Crippen LogP contribution >= 0.6 is 0 Å². The molecule has 0 bridgehead atoms. The van der Waals surface area contributed by atoms with E-state index < -0.39 is 0 Å². The number of fused-ring (bicyclic) bond motifs is 1. The Labute approximate surface area is 179 Å². The van der Waals surface area contributed by atoms with Gasteiger partial charge in [-0.05, 0) is 50.6 Å². The Balaban J connectivity index is 1.81. The molecular formula is C23H23N5O3. The molecule has 1 amide bonds. The quantitative estimate of drug-likeness (QED) is 0.481. The normalized spacial score (nSPS) is 14.6. The molecule has 0 aliphatic carbocycles. The molecule has 0 saturated carbocycles. The number of para-hydroxylation sites is 1. The molecule has 0 N–H and O–H groups in total. The number of morpholine rings is 1. The van der Waals surface area contributed by atoms with Gasteiger partial charge in [0.25, 0.3) is 11.5 Å². The van der Waals surface area contributed by atoms with E-state index in [-0.39, 0.29) is 17.0 Å². The van der Waals surface area contributed by atoms with Gasteiger partial charge in [-0.3, -0.25) is 14.3 Å². The Kier molecular flexibility index (Phi) is 5.44. The molecule has 8 heteroatoms. The first-order valence-electron chi connectivity index (χ1n) is 10.1. The van der Waals surface area contributed by atoms with Crippen molar-refractivity contribution in [3.8, 4) is 6.07 Å². The second kappa shape index (κ2) is 8.20. The molecule has 1 aliphatic heterocycles. The molecule has 8 nitrogen and oxygen atoms in total. The third-order valence-electron chi connectivity index (χ3n) is 5.50. The highest BCUT2D eigenvalue weighted by Gasteiger charge is 2.22. The monoisotopic (exact) mass is 417 g/mol. The third kappa shape index (κ3) is 3.64. The van der Waals surface area contributed by atoms with Crippen LogP contribution in [-0.2, 0) is 9.53 Å². The van der Waals surface area contributed by atoms with Crippen molar-refractivity contribution >= 4 is 22.9 Å². The number of nitrogens with zero attached hydrogens (tertiary/aromatic N) is 5. The van der Waals surface area contributed by atoms with E-state index >= 15 is 0 Å². The van der Waals surface area contributed by atoms with E-state index in [1.165, 1.54) is 4.68 Å². The summed E-state index contributed by atoms with van der Waals surface area (Å²) < 4.78 is 8.59. The van der Waals surface area contributed by atoms with Gasteiger partial charge in [0.2, 0.25) is 0 Å². The summed E-state index contributed by atoms with van der Waals surface area (Å²) in [6.45, 7) is 7.38. The van der Waals surface area contributed by atoms with Crippen molar-refractivity contribution in [2.45, 2.75) is 20.8 Å². The van der Waals surface area contributed by atoms with Crippen LogP contribution in [0.2, 0.25) is 0 Å². The zero-order valence-corrected chi connectivity index (χ0v) is 17.8. The summed E-state index contributed by atoms with van der Waals surface area (Å²) in [7, 11) is 0. The molecule has 3 aromatic rings. The van der Waals surface area contributed by atoms with Crippen molar-refractivity contribution in [1.29, 1.82) is 5.26 Å². The Morgan fingerprint density at radius 1 is 1.16 bits per heavy atom. The molecule has 2 aromatic heterocycles. The van der Waals surface area contributed by atoms with Crippen LogP contribution in [-0.4, -0.2) is 51.4 Å². The lowest BCUT2D eigenvalue weighted by Gasteiger charge is -2.26. The Morgan fingerprint density at radius 3 is 2.58 bits per heavy atom. The molecule has 1 aliphatic rings. The zero-order chi connectivity index (χ0) is 22.1. The molecule has 1 fully saturated rings. The van der Waals surface area contributed by atoms with Gasteiger partial charge in [0, 0.05) is 24.5 Å². The zero-order valence-electron chi connectivity index (χ0n) is 17.8. The lowest BCUT2D eigenvalue weighted by atomic mass is 10.1. The lowest BCUT2D eigenvalue weighted by Crippen LogP contribution is -2.41. The molecule has 0 radical (unpaired) electrons. The highest BCUT2D eigenvalue weighted by Crippen LogP contribution is 2.20. The fourth-order valence-electron chi connectivity index (χ4n) is 3.94. The number of carbonyl (C=O) groups excluding carboxylic acids is 1. The Morgan fingerprint density at radius 2 is 1.87 bits per heavy atom. The second-order valence-electron chi connectivity index (χ2n) is 7.51. The van der Waals surface area contributed by atoms with Crippen molar-refractivity contribution in [3.63, 3.8) is 0 Å². The molecule has 0 unspecified atom stereocenters. The Hall–Kier alpha value is -3.70. The van der Waals surface area contributed by atoms with Gasteiger partial charge in [0.05, 0.1) is 24.1 Å². The van der Waals surface area contributed by atoms with Gasteiger partial charge in [-0.15, -0.1) is 0 Å². The fourth-order valence-corrected chi connectivity index (χ4v) is 3.94. The van der Waals surface area contributed by atoms with E-state index in [4.69, 9.17) is 4.74 Å². The number of nitriles is 1. The molecule has 1 saturated heterocycles. The molecule has 31 heavy (non-hydrogen) atoms. The van der Waals surface area contributed by atoms with Gasteiger partial charge in [-0.25, -0.2) is 4.98 Å². The van der Waals surface area contributed by atoms with E-state index in [2.05, 4.69) is 4.98 Å². The topological polar surface area (TPSA) is 93.2 Å². The Bertz CT molecular complexity index is 1300. The number of rotatable bonds is 3. The number of carbonyl (C=O) groups is 1. The summed E-state index contributed by atoms with van der Waals surface area (Å²) >= 11 is 0. The number of hydrogen-bond acceptors (Lipinski definition) is 5. The molecule has 3 heterocycles. The van der Waals surface area contributed by atoms with E-state index in [1.54, 1.807) is 28.6 Å².